The second-order valence-electron chi connectivity index (χ2n) is 7.09. The predicted molar refractivity (Wildman–Crippen MR) is 132 cm³/mol. The summed E-state index contributed by atoms with van der Waals surface area (Å²) in [6, 6.07) is 9.72. The van der Waals surface area contributed by atoms with Gasteiger partial charge >= 0.3 is 0 Å². The zero-order valence-electron chi connectivity index (χ0n) is 17.9. The highest BCUT2D eigenvalue weighted by Gasteiger charge is 2.18. The maximum absolute atomic E-state index is 13.6. The van der Waals surface area contributed by atoms with Gasteiger partial charge in [0.05, 0.1) is 25.4 Å². The van der Waals surface area contributed by atoms with E-state index in [9.17, 15) is 9.59 Å². The Morgan fingerprint density at radius 3 is 2.66 bits per heavy atom. The number of aromatic nitrogens is 2. The van der Waals surface area contributed by atoms with Crippen molar-refractivity contribution < 1.29 is 14.3 Å². The van der Waals surface area contributed by atoms with Gasteiger partial charge in [0, 0.05) is 22.4 Å². The van der Waals surface area contributed by atoms with Gasteiger partial charge in [-0.25, -0.2) is 4.98 Å². The summed E-state index contributed by atoms with van der Waals surface area (Å²) in [6.45, 7) is 1.98. The zero-order valence-corrected chi connectivity index (χ0v) is 20.4. The molecule has 1 aromatic carbocycles. The van der Waals surface area contributed by atoms with Crippen LogP contribution in [-0.4, -0.2) is 35.3 Å². The quantitative estimate of drug-likeness (QED) is 0.241. The Labute approximate surface area is 197 Å². The number of carbonyl (C=O) groups is 1. The summed E-state index contributed by atoms with van der Waals surface area (Å²) < 4.78 is 12.4. The molecule has 4 aromatic rings. The van der Waals surface area contributed by atoms with Gasteiger partial charge in [0.25, 0.3) is 5.56 Å². The molecule has 0 spiro atoms. The normalized spacial score (nSPS) is 11.1. The van der Waals surface area contributed by atoms with Gasteiger partial charge in [0.15, 0.2) is 16.7 Å². The average Bonchev–Trinajstić information content (AvgIpc) is 3.46. The van der Waals surface area contributed by atoms with Crippen LogP contribution in [0.4, 0.5) is 0 Å². The average molecular weight is 487 g/mol. The summed E-state index contributed by atoms with van der Waals surface area (Å²) in [7, 11) is 3.20. The van der Waals surface area contributed by atoms with Gasteiger partial charge in [-0.3, -0.25) is 14.2 Å². The van der Waals surface area contributed by atoms with E-state index in [1.807, 2.05) is 41.1 Å². The van der Waals surface area contributed by atoms with Crippen LogP contribution in [0.25, 0.3) is 20.7 Å². The molecule has 3 heterocycles. The van der Waals surface area contributed by atoms with Crippen molar-refractivity contribution in [1.82, 2.24) is 9.55 Å². The van der Waals surface area contributed by atoms with Crippen LogP contribution in [-0.2, 0) is 17.8 Å². The number of fused-ring (bicyclic) bond motifs is 1. The lowest BCUT2D eigenvalue weighted by atomic mass is 10.1. The molecule has 0 amide bonds. The molecule has 0 aliphatic rings. The Hall–Kier alpha value is -2.62. The molecule has 0 radical (unpaired) electrons. The maximum Gasteiger partial charge on any atom is 0.263 e. The fourth-order valence-corrected chi connectivity index (χ4v) is 6.00. The van der Waals surface area contributed by atoms with E-state index in [0.29, 0.717) is 39.8 Å². The third-order valence-electron chi connectivity index (χ3n) is 4.92. The molecule has 0 aliphatic heterocycles. The number of benzene rings is 1. The maximum atomic E-state index is 13.6. The molecule has 0 unspecified atom stereocenters. The van der Waals surface area contributed by atoms with Gasteiger partial charge in [-0.1, -0.05) is 23.9 Å². The molecule has 4 rings (SSSR count). The van der Waals surface area contributed by atoms with Crippen LogP contribution in [0.1, 0.15) is 12.5 Å². The van der Waals surface area contributed by atoms with Crippen molar-refractivity contribution >= 4 is 50.4 Å². The second-order valence-corrected chi connectivity index (χ2v) is 9.84. The van der Waals surface area contributed by atoms with Crippen LogP contribution in [0, 0.1) is 0 Å². The zero-order chi connectivity index (χ0) is 22.7. The summed E-state index contributed by atoms with van der Waals surface area (Å²) in [4.78, 5) is 31.7. The highest BCUT2D eigenvalue weighted by molar-refractivity contribution is 7.99. The number of ether oxygens (including phenoxy) is 2. The first-order valence-corrected chi connectivity index (χ1v) is 12.7. The van der Waals surface area contributed by atoms with Crippen LogP contribution in [0.15, 0.2) is 51.0 Å². The van der Waals surface area contributed by atoms with Gasteiger partial charge in [-0.15, -0.1) is 22.7 Å². The van der Waals surface area contributed by atoms with E-state index >= 15 is 0 Å². The fourth-order valence-electron chi connectivity index (χ4n) is 3.37. The molecule has 0 fully saturated rings. The van der Waals surface area contributed by atoms with Crippen molar-refractivity contribution in [2.75, 3.05) is 20.0 Å². The molecule has 0 saturated carbocycles. The fraction of sp³-hybridized carbons (Fsp3) is 0.261. The summed E-state index contributed by atoms with van der Waals surface area (Å²) in [5.41, 5.74) is 1.85. The van der Waals surface area contributed by atoms with Crippen molar-refractivity contribution in [3.8, 4) is 21.9 Å². The van der Waals surface area contributed by atoms with Crippen molar-refractivity contribution in [3.05, 3.63) is 57.0 Å². The minimum Gasteiger partial charge on any atom is -0.493 e. The van der Waals surface area contributed by atoms with Crippen molar-refractivity contribution in [1.29, 1.82) is 0 Å². The Morgan fingerprint density at radius 1 is 1.16 bits per heavy atom. The smallest absolute Gasteiger partial charge is 0.263 e. The molecular formula is C23H22N2O4S3. The van der Waals surface area contributed by atoms with E-state index in [-0.39, 0.29) is 17.1 Å². The van der Waals surface area contributed by atoms with Gasteiger partial charge in [0.2, 0.25) is 0 Å². The minimum atomic E-state index is -0.0776. The standard InChI is InChI=1S/C23H22N2O4S3/c1-14(26)12-32-23-24-21-20(16(13-31-21)19-5-4-10-30-19)22(27)25(23)9-8-15-6-7-17(28-2)18(11-15)29-3/h4-7,10-11,13H,8-9,12H2,1-3H3. The first kappa shape index (κ1) is 22.6. The van der Waals surface area contributed by atoms with E-state index < -0.39 is 0 Å². The van der Waals surface area contributed by atoms with Crippen molar-refractivity contribution in [2.24, 2.45) is 0 Å². The minimum absolute atomic E-state index is 0.0428. The van der Waals surface area contributed by atoms with Crippen LogP contribution < -0.4 is 15.0 Å². The molecule has 32 heavy (non-hydrogen) atoms. The monoisotopic (exact) mass is 486 g/mol. The number of hydrogen-bond donors (Lipinski definition) is 0. The number of nitrogens with zero attached hydrogens (tertiary/aromatic N) is 2. The number of Topliss-reactive ketones (excluding diaryl/α,β-unsaturated/α-hetero) is 1. The third kappa shape index (κ3) is 4.60. The van der Waals surface area contributed by atoms with Crippen LogP contribution in [0.5, 0.6) is 11.5 Å². The summed E-state index contributed by atoms with van der Waals surface area (Å²) in [6.07, 6.45) is 0.611. The topological polar surface area (TPSA) is 70.4 Å². The molecule has 0 bridgehead atoms. The van der Waals surface area contributed by atoms with E-state index in [2.05, 4.69) is 0 Å². The van der Waals surface area contributed by atoms with Crippen LogP contribution in [0.3, 0.4) is 0 Å². The molecule has 0 saturated heterocycles. The molecule has 0 N–H and O–H groups in total. The van der Waals surface area contributed by atoms with E-state index in [0.717, 1.165) is 16.0 Å². The van der Waals surface area contributed by atoms with Crippen molar-refractivity contribution in [2.45, 2.75) is 25.0 Å². The molecule has 166 valence electrons. The largest absolute Gasteiger partial charge is 0.493 e. The molecule has 3 aromatic heterocycles. The number of ketones is 1. The van der Waals surface area contributed by atoms with Crippen LogP contribution >= 0.6 is 34.4 Å². The lowest BCUT2D eigenvalue weighted by molar-refractivity contribution is -0.114. The molecule has 9 heteroatoms. The Kier molecular flexibility index (Phi) is 6.98. The number of hydrogen-bond acceptors (Lipinski definition) is 8. The van der Waals surface area contributed by atoms with Gasteiger partial charge < -0.3 is 9.47 Å². The first-order chi connectivity index (χ1) is 15.5. The van der Waals surface area contributed by atoms with Crippen molar-refractivity contribution in [3.63, 3.8) is 0 Å². The van der Waals surface area contributed by atoms with Gasteiger partial charge in [-0.05, 0) is 42.5 Å². The molecule has 0 aliphatic carbocycles. The summed E-state index contributed by atoms with van der Waals surface area (Å²) in [5.74, 6) is 1.63. The lowest BCUT2D eigenvalue weighted by Crippen LogP contribution is -2.24. The van der Waals surface area contributed by atoms with E-state index in [1.165, 1.54) is 30.0 Å². The Bertz CT molecular complexity index is 1310. The van der Waals surface area contributed by atoms with Crippen LogP contribution in [0.2, 0.25) is 0 Å². The number of carbonyl (C=O) groups excluding carboxylic acids is 1. The number of aryl methyl sites for hydroxylation is 1. The SMILES string of the molecule is COc1ccc(CCn2c(SCC(C)=O)nc3scc(-c4cccs4)c3c2=O)cc1OC. The molecular weight excluding hydrogens is 464 g/mol. The Balaban J connectivity index is 1.74. The second kappa shape index (κ2) is 9.89. The Morgan fingerprint density at radius 2 is 1.97 bits per heavy atom. The van der Waals surface area contributed by atoms with E-state index in [1.54, 1.807) is 30.1 Å². The third-order valence-corrected chi connectivity index (χ3v) is 7.82. The number of rotatable bonds is 9. The highest BCUT2D eigenvalue weighted by atomic mass is 32.2. The summed E-state index contributed by atoms with van der Waals surface area (Å²) >= 11 is 4.37. The predicted octanol–water partition coefficient (Wildman–Crippen LogP) is 5.13. The first-order valence-electron chi connectivity index (χ1n) is 9.91. The summed E-state index contributed by atoms with van der Waals surface area (Å²) in [5, 5.41) is 5.19. The van der Waals surface area contributed by atoms with Gasteiger partial charge in [-0.2, -0.15) is 0 Å². The highest BCUT2D eigenvalue weighted by Crippen LogP contribution is 2.35. The molecule has 0 atom stereocenters. The lowest BCUT2D eigenvalue weighted by Gasteiger charge is -2.13. The van der Waals surface area contributed by atoms with E-state index in [4.69, 9.17) is 14.5 Å². The number of thioether (sulfide) groups is 1. The number of methoxy groups -OCH3 is 2. The molecule has 6 nitrogen and oxygen atoms in total. The number of thiophene rings is 2. The van der Waals surface area contributed by atoms with Gasteiger partial charge in [0.1, 0.15) is 10.6 Å².